The molecule has 1 unspecified atom stereocenters. The molecule has 1 N–H and O–H groups in total. The van der Waals surface area contributed by atoms with E-state index >= 15 is 0 Å². The topological polar surface area (TPSA) is 55.1 Å². The molecular weight excluding hydrogens is 384 g/mol. The van der Waals surface area contributed by atoms with E-state index in [1.807, 2.05) is 69.3 Å². The minimum Gasteiger partial charge on any atom is -0.455 e. The Morgan fingerprint density at radius 2 is 1.83 bits per heavy atom. The van der Waals surface area contributed by atoms with Crippen LogP contribution in [-0.4, -0.2) is 4.98 Å². The zero-order chi connectivity index (χ0) is 20.5. The lowest BCUT2D eigenvalue weighted by Crippen LogP contribution is -2.12. The summed E-state index contributed by atoms with van der Waals surface area (Å²) in [5.74, 6) is 0.602. The zero-order valence-electron chi connectivity index (χ0n) is 16.5. The van der Waals surface area contributed by atoms with Gasteiger partial charge in [-0.1, -0.05) is 48.0 Å². The smallest absolute Gasteiger partial charge is 0.196 e. The average molecular weight is 405 g/mol. The van der Waals surface area contributed by atoms with Crippen molar-refractivity contribution in [2.24, 2.45) is 0 Å². The van der Waals surface area contributed by atoms with Crippen molar-refractivity contribution < 1.29 is 4.42 Å². The predicted molar refractivity (Wildman–Crippen MR) is 119 cm³/mol. The van der Waals surface area contributed by atoms with Gasteiger partial charge in [-0.2, -0.15) is 0 Å². The molecule has 0 amide bonds. The van der Waals surface area contributed by atoms with E-state index in [1.165, 1.54) is 0 Å². The second-order valence-corrected chi connectivity index (χ2v) is 7.68. The molecule has 4 rings (SSSR count). The fourth-order valence-electron chi connectivity index (χ4n) is 3.57. The molecule has 146 valence electrons. The Kier molecular flexibility index (Phi) is 5.12. The monoisotopic (exact) mass is 404 g/mol. The van der Waals surface area contributed by atoms with Crippen LogP contribution in [0.1, 0.15) is 29.7 Å². The Morgan fingerprint density at radius 3 is 2.55 bits per heavy atom. The fourth-order valence-corrected chi connectivity index (χ4v) is 3.75. The highest BCUT2D eigenvalue weighted by molar-refractivity contribution is 6.30. The summed E-state index contributed by atoms with van der Waals surface area (Å²) in [5, 5.41) is 4.56. The van der Waals surface area contributed by atoms with E-state index in [0.717, 1.165) is 22.4 Å². The summed E-state index contributed by atoms with van der Waals surface area (Å²) in [5.41, 5.74) is 4.80. The SMILES string of the molecule is Cc1cc(C(C)Nc2cncc(Cl)c2)c2oc(-c3ccccc3)c(C)c(=O)c2c1. The number of aryl methyl sites for hydroxylation is 1. The maximum Gasteiger partial charge on any atom is 0.196 e. The molecule has 0 aliphatic carbocycles. The number of hydrogen-bond donors (Lipinski definition) is 1. The van der Waals surface area contributed by atoms with E-state index in [1.54, 1.807) is 12.4 Å². The van der Waals surface area contributed by atoms with Crippen molar-refractivity contribution in [3.8, 4) is 11.3 Å². The molecule has 0 radical (unpaired) electrons. The van der Waals surface area contributed by atoms with Crippen LogP contribution in [0.15, 0.2) is 70.1 Å². The number of benzene rings is 2. The Balaban J connectivity index is 1.89. The first-order valence-corrected chi connectivity index (χ1v) is 9.82. The van der Waals surface area contributed by atoms with Gasteiger partial charge in [0.25, 0.3) is 0 Å². The molecule has 2 heterocycles. The van der Waals surface area contributed by atoms with Crippen molar-refractivity contribution in [1.29, 1.82) is 0 Å². The van der Waals surface area contributed by atoms with Crippen molar-refractivity contribution in [1.82, 2.24) is 4.98 Å². The van der Waals surface area contributed by atoms with E-state index in [2.05, 4.69) is 10.3 Å². The Labute approximate surface area is 174 Å². The third kappa shape index (κ3) is 3.76. The molecule has 2 aromatic heterocycles. The van der Waals surface area contributed by atoms with Crippen molar-refractivity contribution in [2.75, 3.05) is 5.32 Å². The van der Waals surface area contributed by atoms with E-state index in [9.17, 15) is 4.79 Å². The summed E-state index contributed by atoms with van der Waals surface area (Å²) < 4.78 is 6.35. The van der Waals surface area contributed by atoms with Gasteiger partial charge in [-0.05, 0) is 38.5 Å². The van der Waals surface area contributed by atoms with Gasteiger partial charge < -0.3 is 9.73 Å². The highest BCUT2D eigenvalue weighted by Gasteiger charge is 2.19. The van der Waals surface area contributed by atoms with Crippen molar-refractivity contribution in [2.45, 2.75) is 26.8 Å². The zero-order valence-corrected chi connectivity index (χ0v) is 17.2. The number of pyridine rings is 1. The van der Waals surface area contributed by atoms with Gasteiger partial charge >= 0.3 is 0 Å². The quantitative estimate of drug-likeness (QED) is 0.433. The van der Waals surface area contributed by atoms with E-state index in [-0.39, 0.29) is 11.5 Å². The molecule has 4 nitrogen and oxygen atoms in total. The summed E-state index contributed by atoms with van der Waals surface area (Å²) in [6.07, 6.45) is 3.31. The lowest BCUT2D eigenvalue weighted by molar-refractivity contribution is 0.605. The molecule has 0 fully saturated rings. The van der Waals surface area contributed by atoms with Gasteiger partial charge in [-0.3, -0.25) is 9.78 Å². The van der Waals surface area contributed by atoms with Crippen LogP contribution in [0.2, 0.25) is 5.02 Å². The molecule has 0 aliphatic heterocycles. The summed E-state index contributed by atoms with van der Waals surface area (Å²) in [6, 6.07) is 15.3. The first-order chi connectivity index (χ1) is 13.9. The molecule has 0 spiro atoms. The molecular formula is C24H21ClN2O2. The standard InChI is InChI=1S/C24H21ClN2O2/c1-14-9-20(16(3)27-19-11-18(25)12-26-13-19)24-21(10-14)22(28)15(2)23(29-24)17-7-5-4-6-8-17/h4-13,16,27H,1-3H3. The maximum atomic E-state index is 13.1. The highest BCUT2D eigenvalue weighted by Crippen LogP contribution is 2.32. The number of aromatic nitrogens is 1. The van der Waals surface area contributed by atoms with Crippen LogP contribution in [0.3, 0.4) is 0 Å². The lowest BCUT2D eigenvalue weighted by Gasteiger charge is -2.18. The first-order valence-electron chi connectivity index (χ1n) is 9.44. The van der Waals surface area contributed by atoms with Crippen LogP contribution in [0.4, 0.5) is 5.69 Å². The third-order valence-electron chi connectivity index (χ3n) is 4.98. The molecule has 2 aromatic carbocycles. The molecule has 4 aromatic rings. The van der Waals surface area contributed by atoms with Gasteiger partial charge in [0.1, 0.15) is 11.3 Å². The van der Waals surface area contributed by atoms with Crippen LogP contribution in [0, 0.1) is 13.8 Å². The van der Waals surface area contributed by atoms with Gasteiger partial charge in [0.15, 0.2) is 5.43 Å². The number of anilines is 1. The van der Waals surface area contributed by atoms with Crippen LogP contribution in [-0.2, 0) is 0 Å². The van der Waals surface area contributed by atoms with Gasteiger partial charge in [-0.15, -0.1) is 0 Å². The molecule has 0 aliphatic rings. The average Bonchev–Trinajstić information content (AvgIpc) is 2.71. The highest BCUT2D eigenvalue weighted by atomic mass is 35.5. The van der Waals surface area contributed by atoms with E-state index in [0.29, 0.717) is 27.3 Å². The van der Waals surface area contributed by atoms with Crippen LogP contribution < -0.4 is 10.7 Å². The van der Waals surface area contributed by atoms with E-state index < -0.39 is 0 Å². The molecule has 29 heavy (non-hydrogen) atoms. The third-order valence-corrected chi connectivity index (χ3v) is 5.19. The van der Waals surface area contributed by atoms with E-state index in [4.69, 9.17) is 16.0 Å². The minimum absolute atomic E-state index is 0.00771. The largest absolute Gasteiger partial charge is 0.455 e. The summed E-state index contributed by atoms with van der Waals surface area (Å²) in [4.78, 5) is 17.3. The van der Waals surface area contributed by atoms with Gasteiger partial charge in [0.2, 0.25) is 0 Å². The predicted octanol–water partition coefficient (Wildman–Crippen LogP) is 6.30. The van der Waals surface area contributed by atoms with Crippen LogP contribution in [0.25, 0.3) is 22.3 Å². The first kappa shape index (κ1) is 19.2. The van der Waals surface area contributed by atoms with Crippen molar-refractivity contribution >= 4 is 28.3 Å². The second-order valence-electron chi connectivity index (χ2n) is 7.24. The minimum atomic E-state index is -0.118. The molecule has 0 saturated carbocycles. The normalized spacial score (nSPS) is 12.1. The summed E-state index contributed by atoms with van der Waals surface area (Å²) in [7, 11) is 0. The Hall–Kier alpha value is -3.11. The number of fused-ring (bicyclic) bond motifs is 1. The lowest BCUT2D eigenvalue weighted by atomic mass is 9.99. The maximum absolute atomic E-state index is 13.1. The number of halogens is 1. The van der Waals surface area contributed by atoms with Gasteiger partial charge in [-0.25, -0.2) is 0 Å². The molecule has 5 heteroatoms. The van der Waals surface area contributed by atoms with Crippen molar-refractivity contribution in [3.05, 3.63) is 92.9 Å². The number of nitrogens with zero attached hydrogens (tertiary/aromatic N) is 1. The molecule has 1 atom stereocenters. The molecule has 0 saturated heterocycles. The van der Waals surface area contributed by atoms with Crippen LogP contribution in [0.5, 0.6) is 0 Å². The van der Waals surface area contributed by atoms with Crippen LogP contribution >= 0.6 is 11.6 Å². The summed E-state index contributed by atoms with van der Waals surface area (Å²) in [6.45, 7) is 5.82. The number of rotatable bonds is 4. The van der Waals surface area contributed by atoms with Gasteiger partial charge in [0.05, 0.1) is 28.3 Å². The number of nitrogens with one attached hydrogen (secondary N) is 1. The van der Waals surface area contributed by atoms with Crippen molar-refractivity contribution in [3.63, 3.8) is 0 Å². The second kappa shape index (κ2) is 7.72. The number of hydrogen-bond acceptors (Lipinski definition) is 4. The van der Waals surface area contributed by atoms with Gasteiger partial charge in [0, 0.05) is 22.9 Å². The Bertz CT molecular complexity index is 1250. The molecule has 0 bridgehead atoms. The fraction of sp³-hybridized carbons (Fsp3) is 0.167. The Morgan fingerprint density at radius 1 is 1.07 bits per heavy atom. The summed E-state index contributed by atoms with van der Waals surface area (Å²) >= 11 is 6.06.